The van der Waals surface area contributed by atoms with Crippen molar-refractivity contribution in [3.63, 3.8) is 0 Å². The molecule has 0 spiro atoms. The average molecular weight is 223 g/mol. The molecule has 0 rings (SSSR count). The fraction of sp³-hybridized carbons (Fsp3) is 0.889. The highest BCUT2D eigenvalue weighted by Crippen LogP contribution is 2.00. The van der Waals surface area contributed by atoms with Crippen molar-refractivity contribution < 1.29 is 14.0 Å². The lowest BCUT2D eigenvalue weighted by molar-refractivity contribution is -0.870. The van der Waals surface area contributed by atoms with Gasteiger partial charge in [0.05, 0.1) is 34.8 Å². The minimum atomic E-state index is -0.462. The molecule has 86 valence electrons. The second-order valence-electron chi connectivity index (χ2n) is 4.29. The van der Waals surface area contributed by atoms with Gasteiger partial charge in [0.15, 0.2) is 0 Å². The van der Waals surface area contributed by atoms with Crippen molar-refractivity contribution in [1.82, 2.24) is 0 Å². The Balaban J connectivity index is 0. The van der Waals surface area contributed by atoms with E-state index >= 15 is 0 Å². The van der Waals surface area contributed by atoms with E-state index in [0.717, 1.165) is 17.4 Å². The van der Waals surface area contributed by atoms with Gasteiger partial charge in [0, 0.05) is 0 Å². The minimum Gasteiger partial charge on any atom is -0.468 e. The Kier molecular flexibility index (Phi) is 8.19. The van der Waals surface area contributed by atoms with E-state index in [4.69, 9.17) is 5.73 Å². The van der Waals surface area contributed by atoms with Gasteiger partial charge in [-0.3, -0.25) is 4.79 Å². The van der Waals surface area contributed by atoms with Gasteiger partial charge in [0.1, 0.15) is 6.04 Å². The number of nitrogens with zero attached hydrogens (tertiary/aromatic N) is 1. The van der Waals surface area contributed by atoms with E-state index in [0.29, 0.717) is 6.42 Å². The van der Waals surface area contributed by atoms with Crippen LogP contribution < -0.4 is 5.73 Å². The van der Waals surface area contributed by atoms with Gasteiger partial charge in [-0.1, -0.05) is 0 Å². The smallest absolute Gasteiger partial charge is 0.322 e. The molecule has 0 saturated heterocycles. The second kappa shape index (κ2) is 7.09. The molecule has 0 aromatic carbocycles. The first kappa shape index (κ1) is 16.2. The SMILES string of the molecule is COC(=O)[C@@H](N)CCC[N+](C)(C)C.S. The molecule has 0 fully saturated rings. The third-order valence-electron chi connectivity index (χ3n) is 1.85. The zero-order valence-corrected chi connectivity index (χ0v) is 10.5. The number of carbonyl (C=O) groups is 1. The largest absolute Gasteiger partial charge is 0.468 e. The highest BCUT2D eigenvalue weighted by molar-refractivity contribution is 7.59. The molecule has 0 aliphatic carbocycles. The molecule has 0 bridgehead atoms. The molecular formula is C9H23N2O2S+. The molecule has 4 nitrogen and oxygen atoms in total. The number of hydrogen-bond acceptors (Lipinski definition) is 3. The molecule has 0 aromatic rings. The molecule has 5 heteroatoms. The summed E-state index contributed by atoms with van der Waals surface area (Å²) in [6.45, 7) is 1.02. The highest BCUT2D eigenvalue weighted by Gasteiger charge is 2.15. The summed E-state index contributed by atoms with van der Waals surface area (Å²) in [5, 5.41) is 0. The number of carbonyl (C=O) groups excluding carboxylic acids is 1. The van der Waals surface area contributed by atoms with Crippen LogP contribution in [-0.4, -0.2) is 51.3 Å². The third kappa shape index (κ3) is 8.34. The quantitative estimate of drug-likeness (QED) is 0.531. The van der Waals surface area contributed by atoms with Crippen LogP contribution in [-0.2, 0) is 9.53 Å². The van der Waals surface area contributed by atoms with E-state index < -0.39 is 6.04 Å². The molecule has 2 N–H and O–H groups in total. The average Bonchev–Trinajstić information content (AvgIpc) is 2.00. The Hall–Kier alpha value is -0.260. The lowest BCUT2D eigenvalue weighted by Crippen LogP contribution is -2.37. The van der Waals surface area contributed by atoms with Gasteiger partial charge in [-0.05, 0) is 12.8 Å². The lowest BCUT2D eigenvalue weighted by Gasteiger charge is -2.24. The summed E-state index contributed by atoms with van der Waals surface area (Å²) in [5.41, 5.74) is 5.58. The van der Waals surface area contributed by atoms with Crippen LogP contribution >= 0.6 is 13.5 Å². The molecule has 0 saturated carbocycles. The Morgan fingerprint density at radius 2 is 1.93 bits per heavy atom. The summed E-state index contributed by atoms with van der Waals surface area (Å²) >= 11 is 0. The molecule has 14 heavy (non-hydrogen) atoms. The summed E-state index contributed by atoms with van der Waals surface area (Å²) in [5.74, 6) is -0.318. The first-order valence-corrected chi connectivity index (χ1v) is 4.50. The second-order valence-corrected chi connectivity index (χ2v) is 4.29. The standard InChI is InChI=1S/C9H21N2O2.H2S/c1-11(2,3)7-5-6-8(10)9(12)13-4;/h8H,5-7,10H2,1-4H3;1H2/q+1;/t8-;/m0./s1. The maximum atomic E-state index is 10.9. The minimum absolute atomic E-state index is 0. The van der Waals surface area contributed by atoms with E-state index in [1.54, 1.807) is 0 Å². The summed E-state index contributed by atoms with van der Waals surface area (Å²) in [4.78, 5) is 10.9. The Morgan fingerprint density at radius 3 is 2.29 bits per heavy atom. The predicted octanol–water partition coefficient (Wildman–Crippen LogP) is 0.0859. The molecular weight excluding hydrogens is 200 g/mol. The molecule has 0 heterocycles. The Morgan fingerprint density at radius 1 is 1.43 bits per heavy atom. The monoisotopic (exact) mass is 223 g/mol. The molecule has 0 unspecified atom stereocenters. The van der Waals surface area contributed by atoms with Crippen LogP contribution in [0.25, 0.3) is 0 Å². The topological polar surface area (TPSA) is 52.3 Å². The number of ether oxygens (including phenoxy) is 1. The summed E-state index contributed by atoms with van der Waals surface area (Å²) in [6, 6.07) is -0.462. The van der Waals surface area contributed by atoms with E-state index in [1.807, 2.05) is 0 Å². The Labute approximate surface area is 93.4 Å². The van der Waals surface area contributed by atoms with Crippen molar-refractivity contribution in [3.05, 3.63) is 0 Å². The highest BCUT2D eigenvalue weighted by atomic mass is 32.1. The molecule has 0 aliphatic rings. The molecule has 1 atom stereocenters. The molecule has 0 amide bonds. The fourth-order valence-corrected chi connectivity index (χ4v) is 1.05. The maximum Gasteiger partial charge on any atom is 0.322 e. The van der Waals surface area contributed by atoms with E-state index in [9.17, 15) is 4.79 Å². The van der Waals surface area contributed by atoms with E-state index in [-0.39, 0.29) is 19.5 Å². The number of nitrogens with two attached hydrogens (primary N) is 1. The van der Waals surface area contributed by atoms with Crippen LogP contribution in [0.2, 0.25) is 0 Å². The van der Waals surface area contributed by atoms with Crippen molar-refractivity contribution in [2.45, 2.75) is 18.9 Å². The van der Waals surface area contributed by atoms with Gasteiger partial charge < -0.3 is 15.0 Å². The van der Waals surface area contributed by atoms with Crippen molar-refractivity contribution in [3.8, 4) is 0 Å². The van der Waals surface area contributed by atoms with Crippen molar-refractivity contribution in [2.24, 2.45) is 5.73 Å². The number of rotatable bonds is 5. The first-order chi connectivity index (χ1) is 5.87. The zero-order valence-electron chi connectivity index (χ0n) is 9.54. The fourth-order valence-electron chi connectivity index (χ4n) is 1.05. The Bertz CT molecular complexity index is 169. The number of esters is 1. The van der Waals surface area contributed by atoms with Gasteiger partial charge in [0.2, 0.25) is 0 Å². The summed E-state index contributed by atoms with van der Waals surface area (Å²) in [6.07, 6.45) is 1.64. The third-order valence-corrected chi connectivity index (χ3v) is 1.85. The van der Waals surface area contributed by atoms with Crippen LogP contribution in [0.4, 0.5) is 0 Å². The lowest BCUT2D eigenvalue weighted by atomic mass is 10.1. The summed E-state index contributed by atoms with van der Waals surface area (Å²) < 4.78 is 5.42. The normalized spacial score (nSPS) is 12.9. The van der Waals surface area contributed by atoms with Gasteiger partial charge in [-0.25, -0.2) is 0 Å². The molecule has 0 aromatic heterocycles. The number of quaternary nitrogens is 1. The zero-order chi connectivity index (χ0) is 10.5. The number of methoxy groups -OCH3 is 1. The van der Waals surface area contributed by atoms with Crippen LogP contribution in [0.5, 0.6) is 0 Å². The van der Waals surface area contributed by atoms with E-state index in [1.165, 1.54) is 7.11 Å². The first-order valence-electron chi connectivity index (χ1n) is 4.50. The molecule has 0 radical (unpaired) electrons. The van der Waals surface area contributed by atoms with Crippen LogP contribution in [0.1, 0.15) is 12.8 Å². The van der Waals surface area contributed by atoms with Gasteiger partial charge in [0.25, 0.3) is 0 Å². The summed E-state index contributed by atoms with van der Waals surface area (Å²) in [7, 11) is 7.71. The van der Waals surface area contributed by atoms with Gasteiger partial charge in [-0.2, -0.15) is 13.5 Å². The van der Waals surface area contributed by atoms with Crippen molar-refractivity contribution >= 4 is 19.5 Å². The van der Waals surface area contributed by atoms with Crippen LogP contribution in [0.3, 0.4) is 0 Å². The van der Waals surface area contributed by atoms with Crippen molar-refractivity contribution in [1.29, 1.82) is 0 Å². The van der Waals surface area contributed by atoms with E-state index in [2.05, 4.69) is 25.9 Å². The maximum absolute atomic E-state index is 10.9. The molecule has 0 aliphatic heterocycles. The van der Waals surface area contributed by atoms with Crippen LogP contribution in [0, 0.1) is 0 Å². The van der Waals surface area contributed by atoms with Crippen molar-refractivity contribution in [2.75, 3.05) is 34.8 Å². The van der Waals surface area contributed by atoms with Crippen LogP contribution in [0.15, 0.2) is 0 Å². The predicted molar refractivity (Wildman–Crippen MR) is 62.5 cm³/mol. The van der Waals surface area contributed by atoms with Gasteiger partial charge >= 0.3 is 5.97 Å². The van der Waals surface area contributed by atoms with Gasteiger partial charge in [-0.15, -0.1) is 0 Å². The number of hydrogen-bond donors (Lipinski definition) is 1.